The number of carbonyl (C=O) groups excluding carboxylic acids is 1. The summed E-state index contributed by atoms with van der Waals surface area (Å²) in [5.41, 5.74) is 5.94. The smallest absolute Gasteiger partial charge is 0.262 e. The van der Waals surface area contributed by atoms with Crippen molar-refractivity contribution in [2.45, 2.75) is 45.8 Å². The summed E-state index contributed by atoms with van der Waals surface area (Å²) in [6, 6.07) is 19.2. The first-order valence-electron chi connectivity index (χ1n) is 16.5. The van der Waals surface area contributed by atoms with Crippen LogP contribution in [0.25, 0.3) is 39.2 Å². The van der Waals surface area contributed by atoms with Crippen LogP contribution < -0.4 is 26.2 Å². The summed E-state index contributed by atoms with van der Waals surface area (Å²) >= 11 is 14.2. The predicted octanol–water partition coefficient (Wildman–Crippen LogP) is 5.88. The Morgan fingerprint density at radius 3 is 2.36 bits per heavy atom. The highest BCUT2D eigenvalue weighted by atomic mass is 35.5. The Hall–Kier alpha value is -4.32. The van der Waals surface area contributed by atoms with Gasteiger partial charge in [0.05, 0.1) is 22.8 Å². The first-order chi connectivity index (χ1) is 24.1. The summed E-state index contributed by atoms with van der Waals surface area (Å²) in [4.78, 5) is 34.1. The van der Waals surface area contributed by atoms with E-state index >= 15 is 0 Å². The van der Waals surface area contributed by atoms with Crippen molar-refractivity contribution in [2.24, 2.45) is 5.41 Å². The van der Waals surface area contributed by atoms with E-state index in [4.69, 9.17) is 32.9 Å². The minimum atomic E-state index is -0.291. The second-order valence-electron chi connectivity index (χ2n) is 13.3. The average molecular weight is 716 g/mol. The molecule has 0 aliphatic carbocycles. The minimum Gasteiger partial charge on any atom is -0.481 e. The van der Waals surface area contributed by atoms with Crippen molar-refractivity contribution in [3.63, 3.8) is 0 Å². The number of nitrogens with one attached hydrogen (secondary N) is 3. The third-order valence-electron chi connectivity index (χ3n) is 8.93. The lowest BCUT2D eigenvalue weighted by molar-refractivity contribution is -0.119. The van der Waals surface area contributed by atoms with Crippen LogP contribution in [0.5, 0.6) is 5.88 Å². The van der Waals surface area contributed by atoms with Crippen molar-refractivity contribution in [1.29, 1.82) is 0 Å². The number of pyridine rings is 2. The molecule has 0 saturated carbocycles. The van der Waals surface area contributed by atoms with Crippen LogP contribution >= 0.6 is 23.2 Å². The highest BCUT2D eigenvalue weighted by molar-refractivity contribution is 6.39. The van der Waals surface area contributed by atoms with Gasteiger partial charge >= 0.3 is 0 Å². The Bertz CT molecular complexity index is 2100. The van der Waals surface area contributed by atoms with Crippen LogP contribution in [-0.2, 0) is 17.9 Å². The van der Waals surface area contributed by atoms with E-state index in [2.05, 4.69) is 20.9 Å². The van der Waals surface area contributed by atoms with Gasteiger partial charge in [-0.05, 0) is 30.2 Å². The number of methoxy groups -OCH3 is 1. The molecule has 0 spiro atoms. The number of nitrogens with zero attached hydrogens (tertiary/aromatic N) is 3. The molecule has 1 atom stereocenters. The summed E-state index contributed by atoms with van der Waals surface area (Å²) < 4.78 is 7.16. The molecule has 1 saturated heterocycles. The average Bonchev–Trinajstić information content (AvgIpc) is 3.54. The maximum atomic E-state index is 13.2. The number of aliphatic hydroxyl groups excluding tert-OH is 1. The molecule has 1 aliphatic rings. The number of benzene rings is 2. The van der Waals surface area contributed by atoms with E-state index in [1.807, 2.05) is 74.5 Å². The number of aliphatic hydroxyl groups is 1. The van der Waals surface area contributed by atoms with Crippen LogP contribution in [0.15, 0.2) is 77.9 Å². The highest BCUT2D eigenvalue weighted by Gasteiger charge is 2.21. The van der Waals surface area contributed by atoms with E-state index in [0.717, 1.165) is 39.8 Å². The van der Waals surface area contributed by atoms with Gasteiger partial charge in [0, 0.05) is 96.4 Å². The summed E-state index contributed by atoms with van der Waals surface area (Å²) in [6.07, 6.45) is 4.69. The first-order valence-corrected chi connectivity index (χ1v) is 17.3. The van der Waals surface area contributed by atoms with Gasteiger partial charge in [0.1, 0.15) is 5.65 Å². The molecule has 0 bridgehead atoms. The molecule has 1 aliphatic heterocycles. The number of rotatable bonds is 13. The maximum Gasteiger partial charge on any atom is 0.262 e. The van der Waals surface area contributed by atoms with E-state index in [9.17, 15) is 14.7 Å². The zero-order valence-electron chi connectivity index (χ0n) is 28.2. The first kappa shape index (κ1) is 35.5. The lowest BCUT2D eigenvalue weighted by Crippen LogP contribution is -2.35. The molecule has 260 valence electrons. The summed E-state index contributed by atoms with van der Waals surface area (Å²) in [5, 5.41) is 20.1. The van der Waals surface area contributed by atoms with Crippen LogP contribution in [0.4, 0.5) is 0 Å². The van der Waals surface area contributed by atoms with Crippen LogP contribution in [-0.4, -0.2) is 58.2 Å². The molecule has 10 nitrogen and oxygen atoms in total. The molecule has 12 heteroatoms. The van der Waals surface area contributed by atoms with Crippen molar-refractivity contribution in [3.05, 3.63) is 105 Å². The van der Waals surface area contributed by atoms with E-state index in [0.29, 0.717) is 65.4 Å². The second kappa shape index (κ2) is 15.3. The number of ether oxygens (including phenoxy) is 1. The fraction of sp³-hybridized carbons (Fsp3) is 0.316. The molecule has 2 aromatic carbocycles. The Balaban J connectivity index is 1.24. The third kappa shape index (κ3) is 7.70. The van der Waals surface area contributed by atoms with Gasteiger partial charge in [-0.3, -0.25) is 14.0 Å². The van der Waals surface area contributed by atoms with Crippen molar-refractivity contribution < 1.29 is 14.6 Å². The molecule has 1 amide bonds. The summed E-state index contributed by atoms with van der Waals surface area (Å²) in [7, 11) is 1.59. The molecule has 50 heavy (non-hydrogen) atoms. The van der Waals surface area contributed by atoms with E-state index in [-0.39, 0.29) is 29.5 Å². The maximum absolute atomic E-state index is 13.2. The number of aromatic nitrogens is 3. The van der Waals surface area contributed by atoms with Crippen molar-refractivity contribution in [1.82, 2.24) is 30.3 Å². The molecule has 4 N–H and O–H groups in total. The van der Waals surface area contributed by atoms with E-state index < -0.39 is 0 Å². The minimum absolute atomic E-state index is 0.0446. The predicted molar refractivity (Wildman–Crippen MR) is 198 cm³/mol. The molecule has 3 aromatic heterocycles. The largest absolute Gasteiger partial charge is 0.481 e. The van der Waals surface area contributed by atoms with Crippen LogP contribution in [0, 0.1) is 5.41 Å². The summed E-state index contributed by atoms with van der Waals surface area (Å²) in [5.74, 6) is 0.584. The molecule has 4 heterocycles. The molecular weight excluding hydrogens is 675 g/mol. The Kier molecular flexibility index (Phi) is 10.9. The zero-order valence-corrected chi connectivity index (χ0v) is 29.7. The van der Waals surface area contributed by atoms with Gasteiger partial charge in [0.15, 0.2) is 0 Å². The van der Waals surface area contributed by atoms with Gasteiger partial charge in [-0.1, -0.05) is 79.5 Å². The third-order valence-corrected chi connectivity index (χ3v) is 9.74. The van der Waals surface area contributed by atoms with E-state index in [1.165, 1.54) is 4.40 Å². The van der Waals surface area contributed by atoms with Gasteiger partial charge in [0.25, 0.3) is 5.56 Å². The van der Waals surface area contributed by atoms with Gasteiger partial charge in [-0.2, -0.15) is 0 Å². The van der Waals surface area contributed by atoms with Gasteiger partial charge in [-0.15, -0.1) is 0 Å². The van der Waals surface area contributed by atoms with E-state index in [1.54, 1.807) is 19.5 Å². The lowest BCUT2D eigenvalue weighted by atomic mass is 9.95. The van der Waals surface area contributed by atoms with Crippen molar-refractivity contribution in [3.8, 4) is 39.4 Å². The zero-order chi connectivity index (χ0) is 35.4. The monoisotopic (exact) mass is 714 g/mol. The SMILES string of the molecule is COc1nc(-c2cccc(-c3cccc(-c4ccn5c(=O)c(CNCC(C)(C)CO)cnc5c4)c3Cl)c2Cl)ccc1CNC[C@H]1CCC(=O)N1. The molecule has 0 unspecified atom stereocenters. The number of fused-ring (bicyclic) bond motifs is 1. The topological polar surface area (TPSA) is 130 Å². The molecular formula is C38H40Cl2N6O4. The standard InChI is InChI=1S/C38H40Cl2N6O4/c1-38(2,22-47)21-42-18-25-19-43-32-16-23(14-15-46(32)37(25)49)27-6-4-7-28(34(27)39)29-8-5-9-30(35(29)40)31-12-10-24(36(45-31)50-3)17-41-20-26-11-13-33(48)44-26/h4-10,12,14-16,19,26,41-42,47H,11,13,17-18,20-22H2,1-3H3,(H,44,48)/t26-/m1/s1. The Morgan fingerprint density at radius 2 is 1.66 bits per heavy atom. The molecule has 6 rings (SSSR count). The Morgan fingerprint density at radius 1 is 0.960 bits per heavy atom. The van der Waals surface area contributed by atoms with Crippen molar-refractivity contribution in [2.75, 3.05) is 26.8 Å². The van der Waals surface area contributed by atoms with Crippen LogP contribution in [0.1, 0.15) is 37.8 Å². The number of hydrogen-bond acceptors (Lipinski definition) is 8. The number of hydrogen-bond donors (Lipinski definition) is 4. The molecule has 0 radical (unpaired) electrons. The van der Waals surface area contributed by atoms with Gasteiger partial charge in [0.2, 0.25) is 11.8 Å². The lowest BCUT2D eigenvalue weighted by Gasteiger charge is -2.21. The number of halogens is 2. The number of amides is 1. The highest BCUT2D eigenvalue weighted by Crippen LogP contribution is 2.42. The second-order valence-corrected chi connectivity index (χ2v) is 14.0. The van der Waals surface area contributed by atoms with Crippen LogP contribution in [0.3, 0.4) is 0 Å². The summed E-state index contributed by atoms with van der Waals surface area (Å²) in [6.45, 7) is 6.07. The molecule has 1 fully saturated rings. The fourth-order valence-corrected chi connectivity index (χ4v) is 6.70. The van der Waals surface area contributed by atoms with Gasteiger partial charge in [-0.25, -0.2) is 9.97 Å². The molecule has 5 aromatic rings. The van der Waals surface area contributed by atoms with Gasteiger partial charge < -0.3 is 25.8 Å². The van der Waals surface area contributed by atoms with Crippen LogP contribution in [0.2, 0.25) is 10.0 Å². The Labute approximate surface area is 300 Å². The quantitative estimate of drug-likeness (QED) is 0.119. The fourth-order valence-electron chi connectivity index (χ4n) is 6.04. The number of carbonyl (C=O) groups is 1. The normalized spacial score (nSPS) is 14.7. The van der Waals surface area contributed by atoms with Crippen molar-refractivity contribution >= 4 is 34.8 Å².